The van der Waals surface area contributed by atoms with E-state index in [4.69, 9.17) is 15.6 Å². The number of hydrogen-bond acceptors (Lipinski definition) is 3. The SMILES string of the molecule is NC[C@H]1OCC[C@@H]1C(=O)O. The zero-order chi connectivity index (χ0) is 7.56. The second kappa shape index (κ2) is 2.98. The monoisotopic (exact) mass is 145 g/mol. The highest BCUT2D eigenvalue weighted by Gasteiger charge is 2.32. The summed E-state index contributed by atoms with van der Waals surface area (Å²) in [5.41, 5.74) is 5.27. The third-order valence-corrected chi connectivity index (χ3v) is 1.76. The second-order valence-electron chi connectivity index (χ2n) is 2.38. The van der Waals surface area contributed by atoms with Gasteiger partial charge in [0.2, 0.25) is 0 Å². The van der Waals surface area contributed by atoms with E-state index in [1.807, 2.05) is 0 Å². The predicted octanol–water partition coefficient (Wildman–Crippen LogP) is -0.565. The molecule has 3 N–H and O–H groups in total. The highest BCUT2D eigenvalue weighted by atomic mass is 16.5. The molecule has 0 radical (unpaired) electrons. The van der Waals surface area contributed by atoms with Gasteiger partial charge in [-0.05, 0) is 6.42 Å². The molecule has 1 fully saturated rings. The first-order chi connectivity index (χ1) is 4.75. The number of rotatable bonds is 2. The average Bonchev–Trinajstić information content (AvgIpc) is 2.33. The van der Waals surface area contributed by atoms with Crippen LogP contribution in [0.4, 0.5) is 0 Å². The molecular weight excluding hydrogens is 134 g/mol. The maximum absolute atomic E-state index is 10.4. The molecule has 1 aliphatic rings. The van der Waals surface area contributed by atoms with E-state index in [9.17, 15) is 4.79 Å². The lowest BCUT2D eigenvalue weighted by Crippen LogP contribution is -2.30. The summed E-state index contributed by atoms with van der Waals surface area (Å²) < 4.78 is 5.07. The Bertz CT molecular complexity index is 137. The van der Waals surface area contributed by atoms with Crippen LogP contribution in [0.15, 0.2) is 0 Å². The van der Waals surface area contributed by atoms with Gasteiger partial charge in [0.25, 0.3) is 0 Å². The van der Waals surface area contributed by atoms with E-state index in [0.717, 1.165) is 0 Å². The van der Waals surface area contributed by atoms with Crippen molar-refractivity contribution in [1.82, 2.24) is 0 Å². The molecule has 10 heavy (non-hydrogen) atoms. The molecule has 0 unspecified atom stereocenters. The first-order valence-electron chi connectivity index (χ1n) is 3.30. The van der Waals surface area contributed by atoms with Crippen LogP contribution in [0, 0.1) is 5.92 Å². The molecule has 2 atom stereocenters. The number of carboxylic acid groups (broad SMARTS) is 1. The van der Waals surface area contributed by atoms with Gasteiger partial charge in [0.15, 0.2) is 0 Å². The van der Waals surface area contributed by atoms with Gasteiger partial charge in [-0.15, -0.1) is 0 Å². The van der Waals surface area contributed by atoms with Crippen molar-refractivity contribution in [1.29, 1.82) is 0 Å². The van der Waals surface area contributed by atoms with Crippen molar-refractivity contribution in [2.24, 2.45) is 11.7 Å². The van der Waals surface area contributed by atoms with Crippen molar-refractivity contribution < 1.29 is 14.6 Å². The lowest BCUT2D eigenvalue weighted by atomic mass is 10.0. The van der Waals surface area contributed by atoms with Gasteiger partial charge < -0.3 is 15.6 Å². The molecule has 1 saturated heterocycles. The first kappa shape index (κ1) is 7.50. The van der Waals surface area contributed by atoms with Crippen LogP contribution >= 0.6 is 0 Å². The maximum Gasteiger partial charge on any atom is 0.309 e. The fourth-order valence-electron chi connectivity index (χ4n) is 1.16. The van der Waals surface area contributed by atoms with Crippen LogP contribution < -0.4 is 5.73 Å². The zero-order valence-corrected chi connectivity index (χ0v) is 5.62. The molecule has 4 nitrogen and oxygen atoms in total. The standard InChI is InChI=1S/C6H11NO3/c7-3-5-4(6(8)9)1-2-10-5/h4-5H,1-3,7H2,(H,8,9)/t4-,5+/m0/s1. The summed E-state index contributed by atoms with van der Waals surface area (Å²) in [5, 5.41) is 8.58. The Labute approximate surface area is 59.0 Å². The third-order valence-electron chi connectivity index (χ3n) is 1.76. The fourth-order valence-corrected chi connectivity index (χ4v) is 1.16. The van der Waals surface area contributed by atoms with Gasteiger partial charge in [-0.25, -0.2) is 0 Å². The lowest BCUT2D eigenvalue weighted by Gasteiger charge is -2.10. The number of aliphatic carboxylic acids is 1. The number of ether oxygens (including phenoxy) is 1. The van der Waals surface area contributed by atoms with E-state index < -0.39 is 5.97 Å². The van der Waals surface area contributed by atoms with Gasteiger partial charge in [0.05, 0.1) is 12.0 Å². The molecule has 0 aromatic carbocycles. The topological polar surface area (TPSA) is 72.5 Å². The van der Waals surface area contributed by atoms with Crippen molar-refractivity contribution in [3.05, 3.63) is 0 Å². The molecule has 1 heterocycles. The van der Waals surface area contributed by atoms with Crippen LogP contribution in [0.5, 0.6) is 0 Å². The molecule has 1 rings (SSSR count). The molecule has 58 valence electrons. The molecule has 0 aromatic rings. The summed E-state index contributed by atoms with van der Waals surface area (Å²) >= 11 is 0. The van der Waals surface area contributed by atoms with Gasteiger partial charge in [-0.3, -0.25) is 4.79 Å². The molecule has 0 bridgehead atoms. The Balaban J connectivity index is 2.50. The summed E-state index contributed by atoms with van der Waals surface area (Å²) in [5.74, 6) is -1.18. The maximum atomic E-state index is 10.4. The molecule has 0 aromatic heterocycles. The summed E-state index contributed by atoms with van der Waals surface area (Å²) in [6, 6.07) is 0. The van der Waals surface area contributed by atoms with E-state index in [0.29, 0.717) is 19.6 Å². The van der Waals surface area contributed by atoms with E-state index in [2.05, 4.69) is 0 Å². The number of carbonyl (C=O) groups is 1. The van der Waals surface area contributed by atoms with Gasteiger partial charge in [-0.2, -0.15) is 0 Å². The Morgan fingerprint density at radius 2 is 2.50 bits per heavy atom. The normalized spacial score (nSPS) is 32.5. The second-order valence-corrected chi connectivity index (χ2v) is 2.38. The molecule has 4 heteroatoms. The Morgan fingerprint density at radius 1 is 1.80 bits per heavy atom. The van der Waals surface area contributed by atoms with Crippen molar-refractivity contribution in [3.8, 4) is 0 Å². The van der Waals surface area contributed by atoms with Crippen LogP contribution in [0.2, 0.25) is 0 Å². The molecule has 0 spiro atoms. The zero-order valence-electron chi connectivity index (χ0n) is 5.62. The quantitative estimate of drug-likeness (QED) is 0.546. The van der Waals surface area contributed by atoms with E-state index >= 15 is 0 Å². The Morgan fingerprint density at radius 3 is 2.90 bits per heavy atom. The minimum atomic E-state index is -0.798. The van der Waals surface area contributed by atoms with Crippen LogP contribution in [-0.2, 0) is 9.53 Å². The summed E-state index contributed by atoms with van der Waals surface area (Å²) in [6.45, 7) is 0.829. The van der Waals surface area contributed by atoms with E-state index in [1.165, 1.54) is 0 Å². The number of nitrogens with two attached hydrogens (primary N) is 1. The van der Waals surface area contributed by atoms with Gasteiger partial charge in [0, 0.05) is 13.2 Å². The lowest BCUT2D eigenvalue weighted by molar-refractivity contribution is -0.143. The fraction of sp³-hybridized carbons (Fsp3) is 0.833. The van der Waals surface area contributed by atoms with Crippen LogP contribution in [0.25, 0.3) is 0 Å². The summed E-state index contributed by atoms with van der Waals surface area (Å²) in [6.07, 6.45) is 0.328. The average molecular weight is 145 g/mol. The largest absolute Gasteiger partial charge is 0.481 e. The predicted molar refractivity (Wildman–Crippen MR) is 34.5 cm³/mol. The highest BCUT2D eigenvalue weighted by molar-refractivity contribution is 5.71. The summed E-state index contributed by atoms with van der Waals surface area (Å²) in [7, 11) is 0. The molecule has 0 amide bonds. The van der Waals surface area contributed by atoms with Crippen LogP contribution in [0.1, 0.15) is 6.42 Å². The first-order valence-corrected chi connectivity index (χ1v) is 3.30. The molecule has 0 aliphatic carbocycles. The molecule has 1 aliphatic heterocycles. The van der Waals surface area contributed by atoms with Crippen LogP contribution in [0.3, 0.4) is 0 Å². The molecule has 0 saturated carbocycles. The number of hydrogen-bond donors (Lipinski definition) is 2. The minimum Gasteiger partial charge on any atom is -0.481 e. The van der Waals surface area contributed by atoms with E-state index in [1.54, 1.807) is 0 Å². The van der Waals surface area contributed by atoms with Gasteiger partial charge in [0.1, 0.15) is 0 Å². The van der Waals surface area contributed by atoms with Crippen LogP contribution in [-0.4, -0.2) is 30.3 Å². The highest BCUT2D eigenvalue weighted by Crippen LogP contribution is 2.19. The van der Waals surface area contributed by atoms with E-state index in [-0.39, 0.29) is 12.0 Å². The Hall–Kier alpha value is -0.610. The van der Waals surface area contributed by atoms with Crippen molar-refractivity contribution in [3.63, 3.8) is 0 Å². The van der Waals surface area contributed by atoms with Crippen molar-refractivity contribution >= 4 is 5.97 Å². The van der Waals surface area contributed by atoms with Gasteiger partial charge in [-0.1, -0.05) is 0 Å². The smallest absolute Gasteiger partial charge is 0.309 e. The third kappa shape index (κ3) is 1.27. The Kier molecular flexibility index (Phi) is 2.24. The van der Waals surface area contributed by atoms with Crippen molar-refractivity contribution in [2.75, 3.05) is 13.2 Å². The summed E-state index contributed by atoms with van der Waals surface area (Å²) in [4.78, 5) is 10.4. The minimum absolute atomic E-state index is 0.266. The number of carboxylic acids is 1. The van der Waals surface area contributed by atoms with Crippen molar-refractivity contribution in [2.45, 2.75) is 12.5 Å². The molecular formula is C6H11NO3. The van der Waals surface area contributed by atoms with Gasteiger partial charge >= 0.3 is 5.97 Å².